The number of esters is 1. The quantitative estimate of drug-likeness (QED) is 0.696. The summed E-state index contributed by atoms with van der Waals surface area (Å²) in [6.45, 7) is 10.2. The number of hydrogen-bond donors (Lipinski definition) is 1. The van der Waals surface area contributed by atoms with Crippen LogP contribution in [0.3, 0.4) is 0 Å². The van der Waals surface area contributed by atoms with Crippen LogP contribution in [0.1, 0.15) is 41.0 Å². The van der Waals surface area contributed by atoms with Gasteiger partial charge in [0.1, 0.15) is 6.54 Å². The first-order valence-electron chi connectivity index (χ1n) is 6.38. The van der Waals surface area contributed by atoms with Crippen molar-refractivity contribution in [2.45, 2.75) is 46.6 Å². The molecule has 0 spiro atoms. The SMILES string of the molecule is CCOC(=O)CN(CC(C)C)C(=O)CC(C)(C)N. The standard InChI is InChI=1S/C13H26N2O3/c1-6-18-12(17)9-15(8-10(2)3)11(16)7-13(4,5)14/h10H,6-9,14H2,1-5H3. The monoisotopic (exact) mass is 258 g/mol. The van der Waals surface area contributed by atoms with Crippen molar-refractivity contribution in [2.75, 3.05) is 19.7 Å². The average Bonchev–Trinajstić information content (AvgIpc) is 2.13. The number of carbonyl (C=O) groups excluding carboxylic acids is 2. The molecule has 0 bridgehead atoms. The van der Waals surface area contributed by atoms with Gasteiger partial charge in [0, 0.05) is 18.5 Å². The highest BCUT2D eigenvalue weighted by molar-refractivity contribution is 5.82. The lowest BCUT2D eigenvalue weighted by molar-refractivity contribution is -0.149. The van der Waals surface area contributed by atoms with Gasteiger partial charge in [-0.2, -0.15) is 0 Å². The second-order valence-electron chi connectivity index (χ2n) is 5.64. The Labute approximate surface area is 110 Å². The summed E-state index contributed by atoms with van der Waals surface area (Å²) >= 11 is 0. The molecule has 18 heavy (non-hydrogen) atoms. The molecule has 2 N–H and O–H groups in total. The van der Waals surface area contributed by atoms with Crippen molar-refractivity contribution in [3.63, 3.8) is 0 Å². The third-order valence-corrected chi connectivity index (χ3v) is 2.17. The molecular weight excluding hydrogens is 232 g/mol. The van der Waals surface area contributed by atoms with Gasteiger partial charge in [-0.15, -0.1) is 0 Å². The van der Waals surface area contributed by atoms with Gasteiger partial charge in [0.05, 0.1) is 6.61 Å². The summed E-state index contributed by atoms with van der Waals surface area (Å²) in [5.74, 6) is -0.185. The number of nitrogens with two attached hydrogens (primary N) is 1. The Morgan fingerprint density at radius 2 is 1.89 bits per heavy atom. The third-order valence-electron chi connectivity index (χ3n) is 2.17. The summed E-state index contributed by atoms with van der Waals surface area (Å²) in [6.07, 6.45) is 0.221. The molecule has 0 aromatic rings. The van der Waals surface area contributed by atoms with Crippen molar-refractivity contribution >= 4 is 11.9 Å². The Balaban J connectivity index is 4.57. The van der Waals surface area contributed by atoms with E-state index < -0.39 is 5.54 Å². The minimum atomic E-state index is -0.568. The molecule has 106 valence electrons. The highest BCUT2D eigenvalue weighted by Crippen LogP contribution is 2.09. The van der Waals surface area contributed by atoms with Gasteiger partial charge < -0.3 is 15.4 Å². The fraction of sp³-hybridized carbons (Fsp3) is 0.846. The molecule has 0 saturated carbocycles. The number of ether oxygens (including phenoxy) is 1. The molecule has 0 unspecified atom stereocenters. The molecule has 0 aliphatic heterocycles. The number of rotatable bonds is 7. The first-order valence-corrected chi connectivity index (χ1v) is 6.38. The van der Waals surface area contributed by atoms with Gasteiger partial charge in [0.25, 0.3) is 0 Å². The molecule has 1 amide bonds. The summed E-state index contributed by atoms with van der Waals surface area (Å²) in [6, 6.07) is 0. The lowest BCUT2D eigenvalue weighted by Gasteiger charge is -2.27. The van der Waals surface area contributed by atoms with Crippen LogP contribution in [-0.2, 0) is 14.3 Å². The molecule has 0 radical (unpaired) electrons. The van der Waals surface area contributed by atoms with Gasteiger partial charge in [-0.25, -0.2) is 0 Å². The van der Waals surface area contributed by atoms with Gasteiger partial charge in [-0.3, -0.25) is 9.59 Å². The smallest absolute Gasteiger partial charge is 0.325 e. The highest BCUT2D eigenvalue weighted by Gasteiger charge is 2.24. The van der Waals surface area contributed by atoms with Crippen LogP contribution in [0.4, 0.5) is 0 Å². The molecule has 0 aliphatic rings. The maximum Gasteiger partial charge on any atom is 0.325 e. The number of nitrogens with zero attached hydrogens (tertiary/aromatic N) is 1. The molecule has 5 heteroatoms. The molecule has 0 saturated heterocycles. The van der Waals surface area contributed by atoms with E-state index in [1.807, 2.05) is 13.8 Å². The lowest BCUT2D eigenvalue weighted by atomic mass is 10.0. The van der Waals surface area contributed by atoms with Crippen molar-refractivity contribution in [3.05, 3.63) is 0 Å². The van der Waals surface area contributed by atoms with Gasteiger partial charge in [-0.1, -0.05) is 13.8 Å². The van der Waals surface area contributed by atoms with Crippen LogP contribution < -0.4 is 5.73 Å². The van der Waals surface area contributed by atoms with Crippen molar-refractivity contribution < 1.29 is 14.3 Å². The van der Waals surface area contributed by atoms with Crippen LogP contribution in [0.2, 0.25) is 0 Å². The maximum absolute atomic E-state index is 12.1. The minimum absolute atomic E-state index is 0.000926. The second kappa shape index (κ2) is 7.36. The summed E-state index contributed by atoms with van der Waals surface area (Å²) in [5, 5.41) is 0. The number of hydrogen-bond acceptors (Lipinski definition) is 4. The molecule has 0 fully saturated rings. The van der Waals surface area contributed by atoms with E-state index in [1.54, 1.807) is 20.8 Å². The Kier molecular flexibility index (Phi) is 6.91. The Bertz CT molecular complexity index is 282. The third kappa shape index (κ3) is 8.06. The average molecular weight is 258 g/mol. The van der Waals surface area contributed by atoms with E-state index in [0.29, 0.717) is 19.1 Å². The van der Waals surface area contributed by atoms with Crippen LogP contribution in [0.5, 0.6) is 0 Å². The van der Waals surface area contributed by atoms with Gasteiger partial charge in [-0.05, 0) is 26.7 Å². The second-order valence-corrected chi connectivity index (χ2v) is 5.64. The zero-order valence-corrected chi connectivity index (χ0v) is 12.2. The van der Waals surface area contributed by atoms with Crippen molar-refractivity contribution in [2.24, 2.45) is 11.7 Å². The van der Waals surface area contributed by atoms with E-state index >= 15 is 0 Å². The molecule has 0 atom stereocenters. The molecule has 0 heterocycles. The summed E-state index contributed by atoms with van der Waals surface area (Å²) in [7, 11) is 0. The van der Waals surface area contributed by atoms with Crippen molar-refractivity contribution in [3.8, 4) is 0 Å². The van der Waals surface area contributed by atoms with E-state index in [2.05, 4.69) is 0 Å². The number of carbonyl (C=O) groups is 2. The van der Waals surface area contributed by atoms with Gasteiger partial charge in [0.2, 0.25) is 5.91 Å². The zero-order chi connectivity index (χ0) is 14.3. The first-order chi connectivity index (χ1) is 8.15. The van der Waals surface area contributed by atoms with E-state index in [4.69, 9.17) is 10.5 Å². The van der Waals surface area contributed by atoms with Crippen LogP contribution in [0.15, 0.2) is 0 Å². The Morgan fingerprint density at radius 1 is 1.33 bits per heavy atom. The fourth-order valence-electron chi connectivity index (χ4n) is 1.56. The molecule has 0 aliphatic carbocycles. The maximum atomic E-state index is 12.1. The van der Waals surface area contributed by atoms with Crippen LogP contribution in [0, 0.1) is 5.92 Å². The molecule has 0 rings (SSSR count). The number of amides is 1. The van der Waals surface area contributed by atoms with Crippen molar-refractivity contribution in [1.82, 2.24) is 4.90 Å². The molecule has 0 aromatic heterocycles. The summed E-state index contributed by atoms with van der Waals surface area (Å²) in [4.78, 5) is 25.1. The van der Waals surface area contributed by atoms with Gasteiger partial charge in [0.15, 0.2) is 0 Å². The summed E-state index contributed by atoms with van der Waals surface area (Å²) < 4.78 is 4.87. The van der Waals surface area contributed by atoms with E-state index in [9.17, 15) is 9.59 Å². The molecular formula is C13H26N2O3. The molecule has 0 aromatic carbocycles. The van der Waals surface area contributed by atoms with E-state index in [-0.39, 0.29) is 24.8 Å². The van der Waals surface area contributed by atoms with Gasteiger partial charge >= 0.3 is 5.97 Å². The highest BCUT2D eigenvalue weighted by atomic mass is 16.5. The summed E-state index contributed by atoms with van der Waals surface area (Å²) in [5.41, 5.74) is 5.26. The molecule has 5 nitrogen and oxygen atoms in total. The minimum Gasteiger partial charge on any atom is -0.465 e. The van der Waals surface area contributed by atoms with Crippen LogP contribution >= 0.6 is 0 Å². The van der Waals surface area contributed by atoms with Crippen molar-refractivity contribution in [1.29, 1.82) is 0 Å². The van der Waals surface area contributed by atoms with E-state index in [0.717, 1.165) is 0 Å². The zero-order valence-electron chi connectivity index (χ0n) is 12.2. The first kappa shape index (κ1) is 16.9. The van der Waals surface area contributed by atoms with Crippen LogP contribution in [0.25, 0.3) is 0 Å². The van der Waals surface area contributed by atoms with Crippen LogP contribution in [-0.4, -0.2) is 42.0 Å². The predicted molar refractivity (Wildman–Crippen MR) is 70.9 cm³/mol. The Morgan fingerprint density at radius 3 is 2.28 bits per heavy atom. The largest absolute Gasteiger partial charge is 0.465 e. The topological polar surface area (TPSA) is 72.6 Å². The normalized spacial score (nSPS) is 11.5. The fourth-order valence-corrected chi connectivity index (χ4v) is 1.56. The lowest BCUT2D eigenvalue weighted by Crippen LogP contribution is -2.44. The Hall–Kier alpha value is -1.10. The predicted octanol–water partition coefficient (Wildman–Crippen LogP) is 1.16. The van der Waals surface area contributed by atoms with E-state index in [1.165, 1.54) is 4.90 Å².